The highest BCUT2D eigenvalue weighted by molar-refractivity contribution is 7.99. The molecule has 20 heavy (non-hydrogen) atoms. The summed E-state index contributed by atoms with van der Waals surface area (Å²) in [6.45, 7) is 5.54. The number of hydrogen-bond donors (Lipinski definition) is 1. The molecule has 3 nitrogen and oxygen atoms in total. The molecule has 0 aromatic heterocycles. The minimum Gasteiger partial charge on any atom is -0.336 e. The topological polar surface area (TPSA) is 32.3 Å². The minimum absolute atomic E-state index is 0.0420. The van der Waals surface area contributed by atoms with Gasteiger partial charge in [-0.2, -0.15) is 11.8 Å². The lowest BCUT2D eigenvalue weighted by molar-refractivity contribution is 0.198. The third kappa shape index (κ3) is 4.06. The molecule has 0 saturated carbocycles. The summed E-state index contributed by atoms with van der Waals surface area (Å²) in [6.07, 6.45) is 0.944. The molecule has 1 heterocycles. The molecule has 1 aromatic carbocycles. The zero-order valence-electron chi connectivity index (χ0n) is 11.9. The SMILES string of the molecule is CC(C)NC(=O)N1CCS[C@@H](c2ccccc2Cl)CC1. The minimum atomic E-state index is 0.0420. The number of thioether (sulfide) groups is 1. The van der Waals surface area contributed by atoms with Gasteiger partial charge in [0.05, 0.1) is 0 Å². The van der Waals surface area contributed by atoms with Crippen LogP contribution < -0.4 is 5.32 Å². The van der Waals surface area contributed by atoms with Crippen LogP contribution in [0.1, 0.15) is 31.1 Å². The van der Waals surface area contributed by atoms with Crippen LogP contribution in [0, 0.1) is 0 Å². The van der Waals surface area contributed by atoms with Crippen molar-refractivity contribution in [2.24, 2.45) is 0 Å². The number of amides is 2. The molecule has 0 bridgehead atoms. The lowest BCUT2D eigenvalue weighted by atomic mass is 10.1. The summed E-state index contributed by atoms with van der Waals surface area (Å²) in [6, 6.07) is 8.22. The lowest BCUT2D eigenvalue weighted by Crippen LogP contribution is -2.43. The van der Waals surface area contributed by atoms with E-state index in [1.54, 1.807) is 0 Å². The largest absolute Gasteiger partial charge is 0.336 e. The zero-order chi connectivity index (χ0) is 14.5. The smallest absolute Gasteiger partial charge is 0.317 e. The van der Waals surface area contributed by atoms with Crippen LogP contribution in [0.4, 0.5) is 4.79 Å². The predicted octanol–water partition coefficient (Wildman–Crippen LogP) is 3.94. The highest BCUT2D eigenvalue weighted by Gasteiger charge is 2.23. The number of nitrogens with zero attached hydrogens (tertiary/aromatic N) is 1. The lowest BCUT2D eigenvalue weighted by Gasteiger charge is -2.22. The second-order valence-electron chi connectivity index (χ2n) is 5.26. The van der Waals surface area contributed by atoms with Gasteiger partial charge in [0.15, 0.2) is 0 Å². The van der Waals surface area contributed by atoms with E-state index < -0.39 is 0 Å². The number of hydrogen-bond acceptors (Lipinski definition) is 2. The Morgan fingerprint density at radius 2 is 2.15 bits per heavy atom. The van der Waals surface area contributed by atoms with Gasteiger partial charge in [0.1, 0.15) is 0 Å². The van der Waals surface area contributed by atoms with E-state index in [2.05, 4.69) is 11.4 Å². The van der Waals surface area contributed by atoms with Crippen molar-refractivity contribution in [1.29, 1.82) is 0 Å². The van der Waals surface area contributed by atoms with Gasteiger partial charge in [0.2, 0.25) is 0 Å². The first-order chi connectivity index (χ1) is 9.58. The maximum atomic E-state index is 12.1. The van der Waals surface area contributed by atoms with Crippen LogP contribution in [-0.2, 0) is 0 Å². The molecular formula is C15H21ClN2OS. The monoisotopic (exact) mass is 312 g/mol. The molecule has 0 spiro atoms. The van der Waals surface area contributed by atoms with Crippen molar-refractivity contribution < 1.29 is 4.79 Å². The van der Waals surface area contributed by atoms with Crippen molar-refractivity contribution in [2.75, 3.05) is 18.8 Å². The van der Waals surface area contributed by atoms with Crippen molar-refractivity contribution in [3.05, 3.63) is 34.9 Å². The molecule has 1 aromatic rings. The van der Waals surface area contributed by atoms with Crippen LogP contribution in [0.5, 0.6) is 0 Å². The van der Waals surface area contributed by atoms with Crippen LogP contribution >= 0.6 is 23.4 Å². The Balaban J connectivity index is 1.99. The summed E-state index contributed by atoms with van der Waals surface area (Å²) in [7, 11) is 0. The van der Waals surface area contributed by atoms with Crippen molar-refractivity contribution in [3.63, 3.8) is 0 Å². The van der Waals surface area contributed by atoms with Gasteiger partial charge >= 0.3 is 6.03 Å². The zero-order valence-corrected chi connectivity index (χ0v) is 13.5. The average Bonchev–Trinajstić information content (AvgIpc) is 2.64. The predicted molar refractivity (Wildman–Crippen MR) is 86.5 cm³/mol. The summed E-state index contributed by atoms with van der Waals surface area (Å²) in [5.41, 5.74) is 1.19. The van der Waals surface area contributed by atoms with Gasteiger partial charge in [0, 0.05) is 35.2 Å². The fourth-order valence-electron chi connectivity index (χ4n) is 2.30. The molecular weight excluding hydrogens is 292 g/mol. The third-order valence-electron chi connectivity index (χ3n) is 3.29. The summed E-state index contributed by atoms with van der Waals surface area (Å²) in [5.74, 6) is 0.946. The third-order valence-corrected chi connectivity index (χ3v) is 4.95. The standard InChI is InChI=1S/C15H21ClN2OS/c1-11(2)17-15(19)18-8-7-14(20-10-9-18)12-5-3-4-6-13(12)16/h3-6,11,14H,7-10H2,1-2H3,(H,17,19)/t14-/m1/s1. The van der Waals surface area contributed by atoms with Gasteiger partial charge in [-0.25, -0.2) is 4.79 Å². The number of urea groups is 1. The average molecular weight is 313 g/mol. The van der Waals surface area contributed by atoms with E-state index in [9.17, 15) is 4.79 Å². The Hall–Kier alpha value is -0.870. The first-order valence-electron chi connectivity index (χ1n) is 6.99. The Morgan fingerprint density at radius 3 is 2.85 bits per heavy atom. The van der Waals surface area contributed by atoms with Crippen molar-refractivity contribution in [3.8, 4) is 0 Å². The second-order valence-corrected chi connectivity index (χ2v) is 6.98. The molecule has 1 N–H and O–H groups in total. The molecule has 2 amide bonds. The fourth-order valence-corrected chi connectivity index (χ4v) is 3.90. The van der Waals surface area contributed by atoms with Crippen molar-refractivity contribution in [2.45, 2.75) is 31.6 Å². The molecule has 5 heteroatoms. The fraction of sp³-hybridized carbons (Fsp3) is 0.533. The van der Waals surface area contributed by atoms with Gasteiger partial charge in [-0.3, -0.25) is 0 Å². The molecule has 1 atom stereocenters. The maximum Gasteiger partial charge on any atom is 0.317 e. The van der Waals surface area contributed by atoms with Crippen LogP contribution in [0.25, 0.3) is 0 Å². The number of carbonyl (C=O) groups excluding carboxylic acids is 1. The molecule has 0 aliphatic carbocycles. The second kappa shape index (κ2) is 7.23. The number of carbonyl (C=O) groups is 1. The van der Waals surface area contributed by atoms with Gasteiger partial charge < -0.3 is 10.2 Å². The summed E-state index contributed by atoms with van der Waals surface area (Å²) in [4.78, 5) is 14.0. The highest BCUT2D eigenvalue weighted by Crippen LogP contribution is 2.37. The molecule has 110 valence electrons. The summed E-state index contributed by atoms with van der Waals surface area (Å²) in [5, 5.41) is 4.16. The highest BCUT2D eigenvalue weighted by atomic mass is 35.5. The van der Waals surface area contributed by atoms with Crippen LogP contribution in [-0.4, -0.2) is 35.8 Å². The van der Waals surface area contributed by atoms with Crippen LogP contribution in [0.15, 0.2) is 24.3 Å². The quantitative estimate of drug-likeness (QED) is 0.897. The summed E-state index contributed by atoms with van der Waals surface area (Å²) < 4.78 is 0. The van der Waals surface area contributed by atoms with Gasteiger partial charge in [-0.1, -0.05) is 29.8 Å². The maximum absolute atomic E-state index is 12.1. The first kappa shape index (κ1) is 15.5. The van der Waals surface area contributed by atoms with E-state index in [0.29, 0.717) is 5.25 Å². The Bertz CT molecular complexity index is 467. The molecule has 1 saturated heterocycles. The van der Waals surface area contributed by atoms with E-state index in [4.69, 9.17) is 11.6 Å². The molecule has 1 aliphatic rings. The van der Waals surface area contributed by atoms with E-state index in [0.717, 1.165) is 30.3 Å². The van der Waals surface area contributed by atoms with Gasteiger partial charge in [-0.15, -0.1) is 0 Å². The van der Waals surface area contributed by atoms with Crippen molar-refractivity contribution in [1.82, 2.24) is 10.2 Å². The number of halogens is 1. The molecule has 1 aliphatic heterocycles. The van der Waals surface area contributed by atoms with E-state index in [-0.39, 0.29) is 12.1 Å². The van der Waals surface area contributed by atoms with Gasteiger partial charge in [0.25, 0.3) is 0 Å². The Labute approximate surface area is 130 Å². The number of rotatable bonds is 2. The van der Waals surface area contributed by atoms with Gasteiger partial charge in [-0.05, 0) is 31.9 Å². The van der Waals surface area contributed by atoms with E-state index in [1.165, 1.54) is 5.56 Å². The molecule has 1 fully saturated rings. The molecule has 2 rings (SSSR count). The summed E-state index contributed by atoms with van der Waals surface area (Å²) >= 11 is 8.16. The Morgan fingerprint density at radius 1 is 1.40 bits per heavy atom. The van der Waals surface area contributed by atoms with Crippen molar-refractivity contribution >= 4 is 29.4 Å². The van der Waals surface area contributed by atoms with E-state index >= 15 is 0 Å². The van der Waals surface area contributed by atoms with Crippen LogP contribution in [0.2, 0.25) is 5.02 Å². The Kier molecular flexibility index (Phi) is 5.61. The molecule has 0 radical (unpaired) electrons. The first-order valence-corrected chi connectivity index (χ1v) is 8.42. The van der Waals surface area contributed by atoms with E-state index in [1.807, 2.05) is 48.7 Å². The molecule has 0 unspecified atom stereocenters. The number of nitrogens with one attached hydrogen (secondary N) is 1. The number of benzene rings is 1. The normalized spacial score (nSPS) is 19.8. The van der Waals surface area contributed by atoms with Crippen LogP contribution in [0.3, 0.4) is 0 Å².